The van der Waals surface area contributed by atoms with Crippen molar-refractivity contribution in [3.05, 3.63) is 18.0 Å². The Balaban J connectivity index is 2.04. The number of sulfonamides is 1. The van der Waals surface area contributed by atoms with Crippen molar-refractivity contribution in [2.45, 2.75) is 17.9 Å². The number of rotatable bonds is 5. The highest BCUT2D eigenvalue weighted by Crippen LogP contribution is 2.23. The molecule has 2 heterocycles. The largest absolute Gasteiger partial charge is 0.390 e. The van der Waals surface area contributed by atoms with Crippen molar-refractivity contribution >= 4 is 21.8 Å². The summed E-state index contributed by atoms with van der Waals surface area (Å²) in [7, 11) is -1.73. The molecular formula is C11H18N2O3S2. The zero-order chi connectivity index (χ0) is 13.2. The first-order valence-electron chi connectivity index (χ1n) is 5.86. The average Bonchev–Trinajstić information content (AvgIpc) is 2.95. The number of aliphatic hydroxyl groups is 1. The van der Waals surface area contributed by atoms with Gasteiger partial charge in [0.15, 0.2) is 0 Å². The molecule has 1 aliphatic heterocycles. The highest BCUT2D eigenvalue weighted by Gasteiger charge is 2.21. The van der Waals surface area contributed by atoms with E-state index in [1.165, 1.54) is 12.3 Å². The monoisotopic (exact) mass is 290 g/mol. The van der Waals surface area contributed by atoms with Crippen molar-refractivity contribution in [3.8, 4) is 0 Å². The van der Waals surface area contributed by atoms with E-state index in [1.807, 2.05) is 11.8 Å². The Morgan fingerprint density at radius 3 is 2.94 bits per heavy atom. The van der Waals surface area contributed by atoms with Gasteiger partial charge in [0.25, 0.3) is 0 Å². The first-order chi connectivity index (χ1) is 8.53. The normalized spacial score (nSPS) is 20.4. The molecule has 0 spiro atoms. The van der Waals surface area contributed by atoms with E-state index in [4.69, 9.17) is 5.11 Å². The van der Waals surface area contributed by atoms with E-state index >= 15 is 0 Å². The van der Waals surface area contributed by atoms with Crippen molar-refractivity contribution in [2.75, 3.05) is 18.1 Å². The summed E-state index contributed by atoms with van der Waals surface area (Å²) in [4.78, 5) is 0.222. The maximum atomic E-state index is 12.1. The van der Waals surface area contributed by atoms with Gasteiger partial charge >= 0.3 is 0 Å². The molecule has 102 valence electrons. The summed E-state index contributed by atoms with van der Waals surface area (Å²) in [6, 6.07) is 1.51. The molecule has 0 amide bonds. The van der Waals surface area contributed by atoms with Gasteiger partial charge in [-0.2, -0.15) is 11.8 Å². The van der Waals surface area contributed by atoms with Crippen molar-refractivity contribution < 1.29 is 13.5 Å². The molecule has 1 atom stereocenters. The number of aryl methyl sites for hydroxylation is 1. The van der Waals surface area contributed by atoms with Gasteiger partial charge in [-0.15, -0.1) is 0 Å². The fraction of sp³-hybridized carbons (Fsp3) is 0.636. The van der Waals surface area contributed by atoms with Crippen LogP contribution in [0.15, 0.2) is 17.2 Å². The Morgan fingerprint density at radius 2 is 2.39 bits per heavy atom. The van der Waals surface area contributed by atoms with Crippen LogP contribution >= 0.6 is 11.8 Å². The minimum absolute atomic E-state index is 0.161. The third kappa shape index (κ3) is 3.09. The highest BCUT2D eigenvalue weighted by atomic mass is 32.2. The Morgan fingerprint density at radius 1 is 1.61 bits per heavy atom. The van der Waals surface area contributed by atoms with Crippen LogP contribution in [0.2, 0.25) is 0 Å². The van der Waals surface area contributed by atoms with Gasteiger partial charge < -0.3 is 9.67 Å². The molecule has 0 bridgehead atoms. The van der Waals surface area contributed by atoms with E-state index in [9.17, 15) is 8.42 Å². The summed E-state index contributed by atoms with van der Waals surface area (Å²) in [5, 5.41) is 9.06. The average molecular weight is 290 g/mol. The van der Waals surface area contributed by atoms with E-state index in [0.717, 1.165) is 17.9 Å². The zero-order valence-electron chi connectivity index (χ0n) is 10.3. The second-order valence-electron chi connectivity index (χ2n) is 4.52. The Kier molecular flexibility index (Phi) is 4.37. The van der Waals surface area contributed by atoms with Gasteiger partial charge in [-0.1, -0.05) is 0 Å². The third-order valence-corrected chi connectivity index (χ3v) is 5.76. The van der Waals surface area contributed by atoms with Crippen molar-refractivity contribution in [1.82, 2.24) is 9.29 Å². The van der Waals surface area contributed by atoms with Crippen LogP contribution in [0.25, 0.3) is 0 Å². The molecule has 1 aromatic heterocycles. The summed E-state index contributed by atoms with van der Waals surface area (Å²) in [6.07, 6.45) is 2.60. The molecule has 7 heteroatoms. The van der Waals surface area contributed by atoms with Crippen LogP contribution in [-0.2, 0) is 23.7 Å². The summed E-state index contributed by atoms with van der Waals surface area (Å²) in [5.74, 6) is 2.58. The summed E-state index contributed by atoms with van der Waals surface area (Å²) in [5.41, 5.74) is 0.590. The highest BCUT2D eigenvalue weighted by molar-refractivity contribution is 7.99. The summed E-state index contributed by atoms with van der Waals surface area (Å²) >= 11 is 1.87. The minimum Gasteiger partial charge on any atom is -0.390 e. The summed E-state index contributed by atoms with van der Waals surface area (Å²) in [6.45, 7) is 0.337. The van der Waals surface area contributed by atoms with Gasteiger partial charge in [-0.25, -0.2) is 13.1 Å². The van der Waals surface area contributed by atoms with E-state index in [0.29, 0.717) is 18.2 Å². The molecule has 5 nitrogen and oxygen atoms in total. The van der Waals surface area contributed by atoms with Gasteiger partial charge in [-0.3, -0.25) is 0 Å². The second-order valence-corrected chi connectivity index (χ2v) is 7.43. The molecule has 1 saturated heterocycles. The number of aromatic nitrogens is 1. The fourth-order valence-corrected chi connectivity index (χ4v) is 4.43. The van der Waals surface area contributed by atoms with Crippen molar-refractivity contribution in [2.24, 2.45) is 13.0 Å². The molecule has 1 unspecified atom stereocenters. The van der Waals surface area contributed by atoms with Gasteiger partial charge in [-0.05, 0) is 29.9 Å². The predicted molar refractivity (Wildman–Crippen MR) is 72.0 cm³/mol. The second kappa shape index (κ2) is 5.64. The number of hydrogen-bond acceptors (Lipinski definition) is 4. The molecule has 0 radical (unpaired) electrons. The molecule has 2 rings (SSSR count). The molecule has 1 fully saturated rings. The van der Waals surface area contributed by atoms with Crippen molar-refractivity contribution in [3.63, 3.8) is 0 Å². The number of hydrogen-bond donors (Lipinski definition) is 2. The number of aliphatic hydroxyl groups excluding tert-OH is 1. The molecule has 2 N–H and O–H groups in total. The van der Waals surface area contributed by atoms with Gasteiger partial charge in [0.2, 0.25) is 10.0 Å². The van der Waals surface area contributed by atoms with Crippen LogP contribution in [0.3, 0.4) is 0 Å². The van der Waals surface area contributed by atoms with Crippen LogP contribution in [0.1, 0.15) is 12.1 Å². The van der Waals surface area contributed by atoms with E-state index < -0.39 is 10.0 Å². The molecular weight excluding hydrogens is 272 g/mol. The maximum Gasteiger partial charge on any atom is 0.242 e. The maximum absolute atomic E-state index is 12.1. The number of nitrogens with zero attached hydrogens (tertiary/aromatic N) is 1. The van der Waals surface area contributed by atoms with E-state index in [-0.39, 0.29) is 11.5 Å². The minimum atomic E-state index is -3.45. The Labute approximate surface area is 112 Å². The van der Waals surface area contributed by atoms with Gasteiger partial charge in [0, 0.05) is 25.5 Å². The fourth-order valence-electron chi connectivity index (χ4n) is 1.94. The van der Waals surface area contributed by atoms with E-state index in [1.54, 1.807) is 11.6 Å². The van der Waals surface area contributed by atoms with Crippen LogP contribution in [0, 0.1) is 5.92 Å². The van der Waals surface area contributed by atoms with Crippen LogP contribution in [0.5, 0.6) is 0 Å². The third-order valence-electron chi connectivity index (χ3n) is 3.14. The Hall–Kier alpha value is -0.500. The predicted octanol–water partition coefficient (Wildman–Crippen LogP) is 0.549. The zero-order valence-corrected chi connectivity index (χ0v) is 11.9. The number of thioether (sulfide) groups is 1. The van der Waals surface area contributed by atoms with Crippen LogP contribution < -0.4 is 4.72 Å². The first-order valence-corrected chi connectivity index (χ1v) is 8.50. The van der Waals surface area contributed by atoms with Crippen molar-refractivity contribution in [1.29, 1.82) is 0 Å². The van der Waals surface area contributed by atoms with E-state index in [2.05, 4.69) is 4.72 Å². The molecule has 0 saturated carbocycles. The standard InChI is InChI=1S/C11H18N2O3S2/c1-13-6-11(4-10(13)7-14)18(15,16)12-5-9-2-3-17-8-9/h4,6,9,12,14H,2-3,5,7-8H2,1H3. The van der Waals surface area contributed by atoms with Gasteiger partial charge in [0.1, 0.15) is 0 Å². The van der Waals surface area contributed by atoms with Gasteiger partial charge in [0.05, 0.1) is 11.5 Å². The Bertz CT molecular complexity index is 504. The lowest BCUT2D eigenvalue weighted by Gasteiger charge is -2.09. The SMILES string of the molecule is Cn1cc(S(=O)(=O)NCC2CCSC2)cc1CO. The lowest BCUT2D eigenvalue weighted by molar-refractivity contribution is 0.272. The quantitative estimate of drug-likeness (QED) is 0.831. The van der Waals surface area contributed by atoms with Crippen LogP contribution in [0.4, 0.5) is 0 Å². The summed E-state index contributed by atoms with van der Waals surface area (Å²) < 4.78 is 28.4. The number of nitrogens with one attached hydrogen (secondary N) is 1. The smallest absolute Gasteiger partial charge is 0.242 e. The topological polar surface area (TPSA) is 71.3 Å². The van der Waals surface area contributed by atoms with Crippen LogP contribution in [-0.4, -0.2) is 36.1 Å². The lowest BCUT2D eigenvalue weighted by Crippen LogP contribution is -2.29. The molecule has 0 aliphatic carbocycles. The molecule has 0 aromatic carbocycles. The molecule has 1 aliphatic rings. The first kappa shape index (κ1) is 13.9. The molecule has 18 heavy (non-hydrogen) atoms. The molecule has 1 aromatic rings. The lowest BCUT2D eigenvalue weighted by atomic mass is 10.1.